The zero-order valence-corrected chi connectivity index (χ0v) is 31.3. The smallest absolute Gasteiger partial charge is 0.410 e. The van der Waals surface area contributed by atoms with Crippen molar-refractivity contribution >= 4 is 23.6 Å². The second-order valence-corrected chi connectivity index (χ2v) is 17.1. The molecule has 2 aromatic rings. The summed E-state index contributed by atoms with van der Waals surface area (Å²) in [6.07, 6.45) is 3.73. The zero-order chi connectivity index (χ0) is 36.0. The summed E-state index contributed by atoms with van der Waals surface area (Å²) in [5.74, 6) is 8.36. The number of carbonyl (C=O) groups excluding carboxylic acids is 2. The summed E-state index contributed by atoms with van der Waals surface area (Å²) in [5.41, 5.74) is 1.42. The number of hydrogen-bond donors (Lipinski definition) is 0. The fraction of sp³-hybridized carbons (Fsp3) is 0.600. The van der Waals surface area contributed by atoms with Crippen molar-refractivity contribution in [2.45, 2.75) is 98.4 Å². The molecule has 0 spiro atoms. The molecule has 1 aliphatic carbocycles. The molecule has 6 rings (SSSR count). The van der Waals surface area contributed by atoms with Gasteiger partial charge in [-0.2, -0.15) is 5.26 Å². The molecular weight excluding hydrogens is 650 g/mol. The maximum absolute atomic E-state index is 13.7. The largest absolute Gasteiger partial charge is 0.489 e. The molecular formula is C40H50ClN5O4. The first-order valence-electron chi connectivity index (χ1n) is 18.0. The van der Waals surface area contributed by atoms with E-state index in [1.807, 2.05) is 42.7 Å². The van der Waals surface area contributed by atoms with E-state index < -0.39 is 5.60 Å². The van der Waals surface area contributed by atoms with Crippen molar-refractivity contribution in [1.82, 2.24) is 19.7 Å². The van der Waals surface area contributed by atoms with Gasteiger partial charge in [0, 0.05) is 48.5 Å². The second kappa shape index (κ2) is 13.7. The number of pyridine rings is 1. The summed E-state index contributed by atoms with van der Waals surface area (Å²) in [4.78, 5) is 37.3. The Bertz CT molecular complexity index is 1720. The number of benzene rings is 1. The number of piperidine rings is 2. The summed E-state index contributed by atoms with van der Waals surface area (Å²) in [5, 5.41) is 9.59. The summed E-state index contributed by atoms with van der Waals surface area (Å²) >= 11 is 6.27. The van der Waals surface area contributed by atoms with Crippen LogP contribution >= 0.6 is 11.6 Å². The Balaban J connectivity index is 1.01. The van der Waals surface area contributed by atoms with Crippen molar-refractivity contribution in [2.24, 2.45) is 22.7 Å². The third kappa shape index (κ3) is 7.32. The number of nitrogens with zero attached hydrogens (tertiary/aromatic N) is 5. The number of likely N-dealkylation sites (tertiary alicyclic amines) is 2. The molecule has 1 saturated carbocycles. The number of halogens is 1. The molecule has 4 aliphatic rings. The fourth-order valence-corrected chi connectivity index (χ4v) is 9.13. The van der Waals surface area contributed by atoms with E-state index in [0.717, 1.165) is 64.1 Å². The van der Waals surface area contributed by atoms with Crippen molar-refractivity contribution in [1.29, 1.82) is 5.26 Å². The van der Waals surface area contributed by atoms with Gasteiger partial charge in [-0.1, -0.05) is 45.2 Å². The number of fused-ring (bicyclic) bond motifs is 1. The van der Waals surface area contributed by atoms with Gasteiger partial charge < -0.3 is 24.2 Å². The quantitative estimate of drug-likeness (QED) is 0.306. The lowest BCUT2D eigenvalue weighted by Gasteiger charge is -2.65. The molecule has 0 atom stereocenters. The zero-order valence-electron chi connectivity index (χ0n) is 30.5. The van der Waals surface area contributed by atoms with Crippen LogP contribution in [-0.4, -0.2) is 82.2 Å². The Morgan fingerprint density at radius 1 is 1.02 bits per heavy atom. The Morgan fingerprint density at radius 2 is 1.70 bits per heavy atom. The number of aromatic nitrogens is 1. The van der Waals surface area contributed by atoms with Crippen molar-refractivity contribution in [3.63, 3.8) is 0 Å². The number of nitriles is 1. The molecule has 3 aliphatic heterocycles. The van der Waals surface area contributed by atoms with Crippen molar-refractivity contribution < 1.29 is 19.1 Å². The van der Waals surface area contributed by atoms with E-state index in [2.05, 4.69) is 50.5 Å². The van der Waals surface area contributed by atoms with E-state index in [0.29, 0.717) is 46.0 Å². The van der Waals surface area contributed by atoms with Gasteiger partial charge in [0.2, 0.25) is 0 Å². The number of ether oxygens (including phenoxy) is 2. The van der Waals surface area contributed by atoms with E-state index in [-0.39, 0.29) is 35.0 Å². The summed E-state index contributed by atoms with van der Waals surface area (Å²) in [6, 6.07) is 10.9. The van der Waals surface area contributed by atoms with Crippen LogP contribution in [0.15, 0.2) is 30.3 Å². The van der Waals surface area contributed by atoms with Crippen LogP contribution in [0.5, 0.6) is 5.75 Å². The molecule has 2 saturated heterocycles. The highest BCUT2D eigenvalue weighted by atomic mass is 35.5. The van der Waals surface area contributed by atoms with Gasteiger partial charge in [-0.25, -0.2) is 9.78 Å². The van der Waals surface area contributed by atoms with Gasteiger partial charge in [0.25, 0.3) is 5.91 Å². The van der Waals surface area contributed by atoms with Gasteiger partial charge in [0.1, 0.15) is 29.2 Å². The molecule has 2 amide bonds. The van der Waals surface area contributed by atoms with Gasteiger partial charge in [0.15, 0.2) is 0 Å². The van der Waals surface area contributed by atoms with E-state index in [4.69, 9.17) is 26.1 Å². The predicted molar refractivity (Wildman–Crippen MR) is 193 cm³/mol. The van der Waals surface area contributed by atoms with Crippen LogP contribution in [0.25, 0.3) is 0 Å². The SMILES string of the molecule is CC(C)(C)OC(=O)N1CCC(CN2CCC(C#Cc3ccc4c(n3)CN(C3C(C)(C)C(Oc5ccc(C#N)c(Cl)c5)C3(C)C)C4=O)CC2)CC1. The lowest BCUT2D eigenvalue weighted by Crippen LogP contribution is -2.74. The average molecular weight is 700 g/mol. The lowest BCUT2D eigenvalue weighted by atomic mass is 9.49. The molecule has 266 valence electrons. The number of carbonyl (C=O) groups is 2. The van der Waals surface area contributed by atoms with Gasteiger partial charge in [0.05, 0.1) is 28.4 Å². The minimum absolute atomic E-state index is 0.000845. The highest BCUT2D eigenvalue weighted by Crippen LogP contribution is 2.59. The molecule has 1 aromatic carbocycles. The Labute approximate surface area is 302 Å². The molecule has 9 nitrogen and oxygen atoms in total. The molecule has 10 heteroatoms. The Morgan fingerprint density at radius 3 is 2.32 bits per heavy atom. The monoisotopic (exact) mass is 699 g/mol. The first-order chi connectivity index (χ1) is 23.6. The highest BCUT2D eigenvalue weighted by Gasteiger charge is 2.67. The molecule has 4 heterocycles. The van der Waals surface area contributed by atoms with Gasteiger partial charge in [-0.05, 0) is 95.6 Å². The summed E-state index contributed by atoms with van der Waals surface area (Å²) < 4.78 is 12.0. The number of rotatable bonds is 5. The van der Waals surface area contributed by atoms with E-state index in [1.165, 1.54) is 0 Å². The fourth-order valence-electron chi connectivity index (χ4n) is 8.92. The van der Waals surface area contributed by atoms with E-state index in [1.54, 1.807) is 18.2 Å². The van der Waals surface area contributed by atoms with Crippen molar-refractivity contribution in [3.05, 3.63) is 57.9 Å². The summed E-state index contributed by atoms with van der Waals surface area (Å²) in [7, 11) is 0. The maximum Gasteiger partial charge on any atom is 0.410 e. The lowest BCUT2D eigenvalue weighted by molar-refractivity contribution is -0.199. The van der Waals surface area contributed by atoms with E-state index in [9.17, 15) is 14.9 Å². The van der Waals surface area contributed by atoms with Crippen LogP contribution < -0.4 is 4.74 Å². The average Bonchev–Trinajstić information content (AvgIpc) is 3.36. The molecule has 0 radical (unpaired) electrons. The van der Waals surface area contributed by atoms with Crippen LogP contribution in [0.4, 0.5) is 4.79 Å². The van der Waals surface area contributed by atoms with Crippen LogP contribution in [0, 0.1) is 45.8 Å². The van der Waals surface area contributed by atoms with Crippen LogP contribution in [0.2, 0.25) is 5.02 Å². The normalized spacial score (nSPS) is 23.7. The summed E-state index contributed by atoms with van der Waals surface area (Å²) in [6.45, 7) is 19.4. The molecule has 50 heavy (non-hydrogen) atoms. The number of amides is 2. The topological polar surface area (TPSA) is 99.0 Å². The van der Waals surface area contributed by atoms with Crippen LogP contribution in [0.1, 0.15) is 101 Å². The van der Waals surface area contributed by atoms with Crippen LogP contribution in [0.3, 0.4) is 0 Å². The molecule has 3 fully saturated rings. The van der Waals surface area contributed by atoms with Gasteiger partial charge in [-0.3, -0.25) is 4.79 Å². The standard InChI is InChI=1S/C40H50ClN5O4/c1-38(2,3)50-37(48)45-20-16-27(17-21-45)24-44-18-14-26(15-19-44)8-10-29-11-13-31-33(43-29)25-46(34(31)47)35-39(4,5)36(40(35,6)7)49-30-12-9-28(23-42)32(41)22-30/h9,11-13,22,26-27,35-36H,14-21,24-25H2,1-7H3. The number of hydrogen-bond acceptors (Lipinski definition) is 7. The van der Waals surface area contributed by atoms with Gasteiger partial charge >= 0.3 is 6.09 Å². The predicted octanol–water partition coefficient (Wildman–Crippen LogP) is 7.16. The van der Waals surface area contributed by atoms with Crippen molar-refractivity contribution in [2.75, 3.05) is 32.7 Å². The molecule has 1 aromatic heterocycles. The van der Waals surface area contributed by atoms with Gasteiger partial charge in [-0.15, -0.1) is 0 Å². The minimum atomic E-state index is -0.463. The van der Waals surface area contributed by atoms with Crippen molar-refractivity contribution in [3.8, 4) is 23.7 Å². The minimum Gasteiger partial charge on any atom is -0.489 e. The third-order valence-electron chi connectivity index (χ3n) is 10.9. The first kappa shape index (κ1) is 36.0. The molecule has 0 bridgehead atoms. The first-order valence-corrected chi connectivity index (χ1v) is 18.3. The maximum atomic E-state index is 13.7. The molecule has 0 unspecified atom stereocenters. The third-order valence-corrected chi connectivity index (χ3v) is 11.3. The second-order valence-electron chi connectivity index (χ2n) is 16.7. The highest BCUT2D eigenvalue weighted by molar-refractivity contribution is 6.31. The Kier molecular flexibility index (Phi) is 9.89. The van der Waals surface area contributed by atoms with E-state index >= 15 is 0 Å². The Hall–Kier alpha value is -3.79. The van der Waals surface area contributed by atoms with Crippen LogP contribution in [-0.2, 0) is 11.3 Å². The molecule has 0 N–H and O–H groups in total.